The Morgan fingerprint density at radius 3 is 2.65 bits per heavy atom. The van der Waals surface area contributed by atoms with Gasteiger partial charge in [0.25, 0.3) is 0 Å². The van der Waals surface area contributed by atoms with Gasteiger partial charge in [-0.15, -0.1) is 0 Å². The number of aromatic nitrogens is 1. The van der Waals surface area contributed by atoms with Gasteiger partial charge in [0.1, 0.15) is 0 Å². The van der Waals surface area contributed by atoms with Crippen LogP contribution >= 0.6 is 0 Å². The van der Waals surface area contributed by atoms with E-state index in [4.69, 9.17) is 5.73 Å². The van der Waals surface area contributed by atoms with Crippen LogP contribution in [0.15, 0.2) is 17.2 Å². The van der Waals surface area contributed by atoms with E-state index in [0.717, 1.165) is 18.5 Å². The molecule has 2 aliphatic rings. The number of nitrogens with zero attached hydrogens (tertiary/aromatic N) is 1. The first-order valence-electron chi connectivity index (χ1n) is 7.41. The van der Waals surface area contributed by atoms with E-state index in [1.807, 2.05) is 4.57 Å². The summed E-state index contributed by atoms with van der Waals surface area (Å²) in [6.07, 6.45) is 6.45. The number of sulfonamides is 1. The first-order valence-corrected chi connectivity index (χ1v) is 8.90. The van der Waals surface area contributed by atoms with Crippen molar-refractivity contribution in [2.75, 3.05) is 6.54 Å². The van der Waals surface area contributed by atoms with Crippen molar-refractivity contribution in [2.24, 2.45) is 17.6 Å². The molecule has 0 aromatic carbocycles. The van der Waals surface area contributed by atoms with E-state index in [1.54, 1.807) is 12.3 Å². The lowest BCUT2D eigenvalue weighted by molar-refractivity contribution is 0.492. The molecule has 0 radical (unpaired) electrons. The Morgan fingerprint density at radius 2 is 2.10 bits per heavy atom. The summed E-state index contributed by atoms with van der Waals surface area (Å²) in [6, 6.07) is 2.16. The highest BCUT2D eigenvalue weighted by molar-refractivity contribution is 7.89. The van der Waals surface area contributed by atoms with Gasteiger partial charge >= 0.3 is 0 Å². The predicted octanol–water partition coefficient (Wildman–Crippen LogP) is 1.61. The quantitative estimate of drug-likeness (QED) is 0.802. The topological polar surface area (TPSA) is 77.1 Å². The average Bonchev–Trinajstić information content (AvgIpc) is 3.32. The molecular formula is C14H23N3O2S. The fraction of sp³-hybridized carbons (Fsp3) is 0.714. The number of nitrogens with one attached hydrogen (secondary N) is 1. The first-order chi connectivity index (χ1) is 9.51. The summed E-state index contributed by atoms with van der Waals surface area (Å²) >= 11 is 0. The monoisotopic (exact) mass is 297 g/mol. The second-order valence-electron chi connectivity index (χ2n) is 6.18. The molecule has 2 fully saturated rings. The van der Waals surface area contributed by atoms with Gasteiger partial charge in [0.2, 0.25) is 10.0 Å². The van der Waals surface area contributed by atoms with Gasteiger partial charge in [-0.1, -0.05) is 6.92 Å². The Bertz CT molecular complexity index is 586. The molecule has 6 heteroatoms. The molecule has 1 atom stereocenters. The summed E-state index contributed by atoms with van der Waals surface area (Å²) in [7, 11) is -3.40. The van der Waals surface area contributed by atoms with Gasteiger partial charge < -0.3 is 10.3 Å². The predicted molar refractivity (Wildman–Crippen MR) is 77.7 cm³/mol. The van der Waals surface area contributed by atoms with Crippen LogP contribution in [0, 0.1) is 11.8 Å². The van der Waals surface area contributed by atoms with Crippen LogP contribution in [0.5, 0.6) is 0 Å². The smallest absolute Gasteiger partial charge is 0.242 e. The van der Waals surface area contributed by atoms with Crippen molar-refractivity contribution in [1.29, 1.82) is 0 Å². The molecule has 0 spiro atoms. The maximum absolute atomic E-state index is 12.3. The minimum Gasteiger partial charge on any atom is -0.346 e. The first kappa shape index (κ1) is 14.1. The molecule has 5 nitrogen and oxygen atoms in total. The molecule has 2 saturated carbocycles. The van der Waals surface area contributed by atoms with Crippen molar-refractivity contribution in [1.82, 2.24) is 9.29 Å². The molecule has 0 amide bonds. The molecule has 0 bridgehead atoms. The van der Waals surface area contributed by atoms with E-state index in [0.29, 0.717) is 35.9 Å². The molecular weight excluding hydrogens is 274 g/mol. The van der Waals surface area contributed by atoms with Gasteiger partial charge in [0, 0.05) is 31.0 Å². The molecule has 1 aromatic rings. The Kier molecular flexibility index (Phi) is 3.64. The van der Waals surface area contributed by atoms with Crippen LogP contribution in [0.2, 0.25) is 0 Å². The van der Waals surface area contributed by atoms with Crippen LogP contribution in [0.25, 0.3) is 0 Å². The Labute approximate surface area is 120 Å². The molecule has 3 N–H and O–H groups in total. The van der Waals surface area contributed by atoms with Gasteiger partial charge in [-0.3, -0.25) is 0 Å². The second-order valence-corrected chi connectivity index (χ2v) is 7.94. The van der Waals surface area contributed by atoms with E-state index in [1.165, 1.54) is 12.8 Å². The standard InChI is InChI=1S/C14H23N3O2S/c1-10(11-2-3-11)8-16-20(18,19)14-6-13(7-15)17(9-14)12-4-5-12/h6,9-12,16H,2-5,7-8,15H2,1H3. The van der Waals surface area contributed by atoms with Crippen molar-refractivity contribution >= 4 is 10.0 Å². The Morgan fingerprint density at radius 1 is 1.40 bits per heavy atom. The van der Waals surface area contributed by atoms with Crippen LogP contribution in [0.4, 0.5) is 0 Å². The third-order valence-corrected chi connectivity index (χ3v) is 5.78. The van der Waals surface area contributed by atoms with E-state index >= 15 is 0 Å². The molecule has 112 valence electrons. The molecule has 3 rings (SSSR count). The largest absolute Gasteiger partial charge is 0.346 e. The maximum atomic E-state index is 12.3. The Hall–Kier alpha value is -0.850. The lowest BCUT2D eigenvalue weighted by atomic mass is 10.1. The van der Waals surface area contributed by atoms with Crippen molar-refractivity contribution in [3.05, 3.63) is 18.0 Å². The number of rotatable bonds is 7. The molecule has 0 saturated heterocycles. The number of hydrogen-bond acceptors (Lipinski definition) is 3. The number of hydrogen-bond donors (Lipinski definition) is 2. The summed E-state index contributed by atoms with van der Waals surface area (Å²) in [6.45, 7) is 3.02. The van der Waals surface area contributed by atoms with Crippen LogP contribution in [0.1, 0.15) is 44.3 Å². The molecule has 20 heavy (non-hydrogen) atoms. The third kappa shape index (κ3) is 2.92. The maximum Gasteiger partial charge on any atom is 0.242 e. The summed E-state index contributed by atoms with van der Waals surface area (Å²) < 4.78 is 29.4. The SMILES string of the molecule is CC(CNS(=O)(=O)c1cc(CN)n(C2CC2)c1)C1CC1. The van der Waals surface area contributed by atoms with Crippen LogP contribution in [-0.2, 0) is 16.6 Å². The molecule has 0 aliphatic heterocycles. The Balaban J connectivity index is 1.72. The van der Waals surface area contributed by atoms with Crippen LogP contribution in [-0.4, -0.2) is 19.5 Å². The van der Waals surface area contributed by atoms with Gasteiger partial charge in [0.05, 0.1) is 4.90 Å². The van der Waals surface area contributed by atoms with Crippen LogP contribution in [0.3, 0.4) is 0 Å². The van der Waals surface area contributed by atoms with E-state index in [-0.39, 0.29) is 0 Å². The highest BCUT2D eigenvalue weighted by Crippen LogP contribution is 2.38. The second kappa shape index (κ2) is 5.16. The van der Waals surface area contributed by atoms with Crippen LogP contribution < -0.4 is 10.5 Å². The van der Waals surface area contributed by atoms with Crippen molar-refractivity contribution in [3.8, 4) is 0 Å². The average molecular weight is 297 g/mol. The molecule has 1 aromatic heterocycles. The zero-order chi connectivity index (χ0) is 14.3. The van der Waals surface area contributed by atoms with E-state index in [9.17, 15) is 8.42 Å². The van der Waals surface area contributed by atoms with Gasteiger partial charge in [0.15, 0.2) is 0 Å². The van der Waals surface area contributed by atoms with Crippen molar-refractivity contribution < 1.29 is 8.42 Å². The summed E-state index contributed by atoms with van der Waals surface area (Å²) in [4.78, 5) is 0.354. The summed E-state index contributed by atoms with van der Waals surface area (Å²) in [5.74, 6) is 1.12. The zero-order valence-corrected chi connectivity index (χ0v) is 12.7. The van der Waals surface area contributed by atoms with E-state index in [2.05, 4.69) is 11.6 Å². The minimum atomic E-state index is -3.40. The van der Waals surface area contributed by atoms with Gasteiger partial charge in [-0.05, 0) is 43.6 Å². The lowest BCUT2D eigenvalue weighted by Gasteiger charge is -2.11. The molecule has 2 aliphatic carbocycles. The van der Waals surface area contributed by atoms with Crippen molar-refractivity contribution in [2.45, 2.75) is 50.1 Å². The zero-order valence-electron chi connectivity index (χ0n) is 11.9. The summed E-state index contributed by atoms with van der Waals surface area (Å²) in [5, 5.41) is 0. The normalized spacial score (nSPS) is 21.1. The fourth-order valence-electron chi connectivity index (χ4n) is 2.66. The highest BCUT2D eigenvalue weighted by Gasteiger charge is 2.30. The van der Waals surface area contributed by atoms with E-state index < -0.39 is 10.0 Å². The molecule has 1 heterocycles. The fourth-order valence-corrected chi connectivity index (χ4v) is 3.85. The third-order valence-electron chi connectivity index (χ3n) is 4.39. The minimum absolute atomic E-state index is 0.354. The van der Waals surface area contributed by atoms with Gasteiger partial charge in [-0.25, -0.2) is 13.1 Å². The lowest BCUT2D eigenvalue weighted by Crippen LogP contribution is -2.28. The summed E-state index contributed by atoms with van der Waals surface area (Å²) in [5.41, 5.74) is 6.61. The highest BCUT2D eigenvalue weighted by atomic mass is 32.2. The number of nitrogens with two attached hydrogens (primary N) is 1. The van der Waals surface area contributed by atoms with Gasteiger partial charge in [-0.2, -0.15) is 0 Å². The van der Waals surface area contributed by atoms with Crippen molar-refractivity contribution in [3.63, 3.8) is 0 Å². The molecule has 1 unspecified atom stereocenters.